The number of aryl methyl sites for hydroxylation is 3. The molecule has 3 radical (unpaired) electrons. The number of aldehydes is 1. The molecule has 18 rings (SSSR count). The maximum Gasteiger partial charge on any atom is 1.00 e. The summed E-state index contributed by atoms with van der Waals surface area (Å²) in [6.07, 6.45) is 14.1. The summed E-state index contributed by atoms with van der Waals surface area (Å²) < 4.78 is 20.8. The number of halogens is 5. The number of ketones is 2. The molecule has 0 aliphatic heterocycles. The maximum atomic E-state index is 13.3. The van der Waals surface area contributed by atoms with Gasteiger partial charge in [-0.1, -0.05) is 116 Å². The number of thiazole rings is 5. The molecule has 147 heavy (non-hydrogen) atoms. The van der Waals surface area contributed by atoms with Crippen LogP contribution in [0.15, 0.2) is 274 Å². The number of nitriles is 3. The van der Waals surface area contributed by atoms with Gasteiger partial charge in [0.25, 0.3) is 11.4 Å². The molecule has 2 aliphatic carbocycles. The number of carbonyl (C=O) groups excluding carboxylic acids is 3. The van der Waals surface area contributed by atoms with E-state index in [4.69, 9.17) is 55.8 Å². The molecular formula is C100H94BBrCl4LiN17NaNiO15S6. The minimum absolute atomic E-state index is 0. The number of nitrogens with two attached hydrogens (primary N) is 1. The summed E-state index contributed by atoms with van der Waals surface area (Å²) in [4.78, 5) is 87.8. The van der Waals surface area contributed by atoms with Crippen LogP contribution in [0.25, 0.3) is 17.1 Å². The Labute approximate surface area is 940 Å². The number of carboxylic acids is 1. The first-order valence-corrected chi connectivity index (χ1v) is 53.8. The van der Waals surface area contributed by atoms with Gasteiger partial charge in [0.15, 0.2) is 21.2 Å². The second kappa shape index (κ2) is 67.7. The van der Waals surface area contributed by atoms with Crippen molar-refractivity contribution in [2.45, 2.75) is 103 Å². The number of nitrogens with zero attached hydrogens (tertiary/aromatic N) is 16. The van der Waals surface area contributed by atoms with Crippen molar-refractivity contribution in [3.63, 3.8) is 0 Å². The van der Waals surface area contributed by atoms with Crippen LogP contribution in [-0.2, 0) is 39.5 Å². The van der Waals surface area contributed by atoms with Crippen LogP contribution in [0, 0.1) is 93.8 Å². The van der Waals surface area contributed by atoms with Gasteiger partial charge in [-0.05, 0) is 193 Å². The summed E-state index contributed by atoms with van der Waals surface area (Å²) in [6.45, 7) is 12.3. The number of carboxylic acid groups (broad SMARTS) is 1. The third kappa shape index (κ3) is 43.5. The van der Waals surface area contributed by atoms with E-state index in [2.05, 4.69) is 103 Å². The number of nitro groups is 2. The number of nitrogen functional groups attached to an aromatic ring is 1. The Morgan fingerprint density at radius 1 is 0.558 bits per heavy atom. The Bertz CT molecular complexity index is 6950. The van der Waals surface area contributed by atoms with Crippen molar-refractivity contribution < 1.29 is 126 Å². The summed E-state index contributed by atoms with van der Waals surface area (Å²) in [5.41, 5.74) is 17.7. The van der Waals surface area contributed by atoms with Gasteiger partial charge < -0.3 is 44.4 Å². The molecule has 0 bridgehead atoms. The van der Waals surface area contributed by atoms with Gasteiger partial charge in [-0.25, -0.2) is 48.0 Å². The first-order valence-electron chi connectivity index (χ1n) is 43.1. The number of aliphatic hydroxyl groups excluding tert-OH is 4. The number of aromatic carboxylic acids is 1. The molecule has 0 saturated heterocycles. The van der Waals surface area contributed by atoms with E-state index >= 15 is 0 Å². The summed E-state index contributed by atoms with van der Waals surface area (Å²) in [5, 5.41) is 121. The molecule has 8 aromatic heterocycles. The number of Topliss-reactive ketones (excluding diaryl/α,β-unsaturated/α-hetero) is 2. The van der Waals surface area contributed by atoms with Gasteiger partial charge in [-0.2, -0.15) is 37.5 Å². The van der Waals surface area contributed by atoms with Crippen molar-refractivity contribution in [1.29, 1.82) is 15.8 Å². The molecule has 8 aromatic carbocycles. The monoisotopic (exact) mass is 2280 g/mol. The summed E-state index contributed by atoms with van der Waals surface area (Å²) in [6, 6.07) is 66.1. The van der Waals surface area contributed by atoms with Gasteiger partial charge in [0.2, 0.25) is 9.23 Å². The molecule has 8 heterocycles. The normalized spacial score (nSPS) is 11.8. The van der Waals surface area contributed by atoms with Crippen LogP contribution in [0.5, 0.6) is 0 Å². The summed E-state index contributed by atoms with van der Waals surface area (Å²) in [5.74, 6) is 0.155. The summed E-state index contributed by atoms with van der Waals surface area (Å²) in [7, 11) is 16.8. The number of rotatable bonds is 26. The van der Waals surface area contributed by atoms with Gasteiger partial charge in [0, 0.05) is 143 Å². The number of carbonyl (C=O) groups is 4. The van der Waals surface area contributed by atoms with Crippen molar-refractivity contribution in [3.05, 3.63) is 411 Å². The minimum Gasteiger partial charge on any atom is -1.00 e. The predicted molar refractivity (Wildman–Crippen MR) is 567 cm³/mol. The number of hydrogen-bond donors (Lipinski definition) is 6. The van der Waals surface area contributed by atoms with Gasteiger partial charge in [0.05, 0.1) is 85.5 Å². The first kappa shape index (κ1) is 126. The maximum absolute atomic E-state index is 13.3. The number of non-ortho nitro benzene ring substituents is 2. The van der Waals surface area contributed by atoms with E-state index in [0.717, 1.165) is 49.9 Å². The Morgan fingerprint density at radius 3 is 1.24 bits per heavy atom. The molecule has 4 unspecified atom stereocenters. The van der Waals surface area contributed by atoms with Gasteiger partial charge in [-0.15, -0.1) is 56.7 Å². The molecule has 755 valence electrons. The number of hydrogen-bond acceptors (Lipinski definition) is 31. The van der Waals surface area contributed by atoms with E-state index in [1.54, 1.807) is 172 Å². The van der Waals surface area contributed by atoms with Crippen molar-refractivity contribution >= 4 is 173 Å². The first-order chi connectivity index (χ1) is 69.3. The van der Waals surface area contributed by atoms with Gasteiger partial charge in [-0.3, -0.25) is 34.6 Å². The molecule has 16 aromatic rings. The van der Waals surface area contributed by atoms with E-state index < -0.39 is 43.4 Å². The smallest absolute Gasteiger partial charge is 1.00 e. The number of aromatic nitrogens is 11. The standard InChI is InChI=1S/C27H24N4O2S.C23H18N4O2S.C12H9N3O2.C10H8N2O3S.C10H10N2OS.C7H5NO3.C4H8O.C4H9.C3H2BrNS.B.Cl2OS.2ClH.Li.Na.Ni.H/c1-18-12-24(31(30-18)23-7-3-5-21(14-23)16-28)25(32)15-20-4-2-6-22(13-20)26(27-29-10-11-34-27)33-17-19-8-9-19;1-15-10-20(27(26-15)19-7-3-5-17(12-19)14-24)21(28)13-16-4-2-6-18(11-16)22(29)23-25-8-9-30-23;1-8-5-11(12(16)17)15(14-8)10-4-2-3-9(6-10)7-13;13-9(10-11-4-5-16-10)7-2-1-3-8(6-7)12(14)15;11-8-3-1-2-7(6-8)9(13)10-12-4-5-14-10;9-5-6-2-1-3-7(4-6)8(10)11;5-3-4-1-2-4;1-3-4-2;4-3-5-1-2-6-3;;1-4(2)3;;;;;;/h2-7,10-14,19,26H,8-9,15,17H2,1H3;2-12,22,29H,13H2,1H3;2-6H,1H3,(H,16,17);1-6,9,13H;1-6,9,13H,11H2;1-5H;4-5H,1-3H2;1,3-4H2,2H3;1-2H;;;2*1H;;;;/q;;;;;;;-1;;;;;;2*+1;+2;-1/p-2. The number of unbranched alkanes of at least 4 members (excludes halogenated alkanes) is 1. The zero-order valence-electron chi connectivity index (χ0n) is 80.6. The minimum atomic E-state index is -1.67. The molecule has 0 amide bonds. The zero-order valence-corrected chi connectivity index (χ0v) is 92.1. The van der Waals surface area contributed by atoms with Crippen molar-refractivity contribution in [2.75, 3.05) is 18.9 Å². The van der Waals surface area contributed by atoms with Crippen LogP contribution in [0.4, 0.5) is 17.1 Å². The largest absolute Gasteiger partial charge is 1.00 e. The molecule has 47 heteroatoms. The number of anilines is 1. The van der Waals surface area contributed by atoms with Crippen molar-refractivity contribution in [3.8, 4) is 35.3 Å². The fourth-order valence-electron chi connectivity index (χ4n) is 12.5. The quantitative estimate of drug-likeness (QED) is 0.00428. The Hall–Kier alpha value is -11.2. The number of aliphatic hydroxyl groups is 4. The molecule has 2 aliphatic rings. The summed E-state index contributed by atoms with van der Waals surface area (Å²) >= 11 is 11.0. The SMILES string of the molecule is Brc1nccs1.Cc1cc(C(=O)Cc2cccc(C(O)c3nccs3)c2)n(-c2cccc(C#N)c2)n1.Cc1cc(C(=O)Cc2cccc(C(OCC3CC3)c3nccs3)c2)n(-c2cccc(C#N)c2)n1.Cc1cc(C(=O)O)n(-c2cccc(C#N)c2)n1.Nc1cccc(C(O)c2nccs2)c1.O=Cc1cccc([N+](=O)[O-])c1.O=S(Cl)Cl.O=[N+]([O-])c1cccc(C(O)c2nccs2)c1.OCC1CC1.[B].[CH2-]CCC.[Cl][Ni][Cl].[H-].[Li+].[Na+]. The van der Waals surface area contributed by atoms with E-state index in [0.29, 0.717) is 131 Å². The number of nitro benzene ring substituents is 2. The predicted octanol–water partition coefficient (Wildman–Crippen LogP) is 16.6. The topological polar surface area (TPSA) is 497 Å². The average molecular weight is 2290 g/mol. The number of ether oxygens (including phenoxy) is 1. The van der Waals surface area contributed by atoms with Crippen LogP contribution in [0.1, 0.15) is 200 Å². The molecule has 2 fully saturated rings. The van der Waals surface area contributed by atoms with Crippen LogP contribution in [0.2, 0.25) is 0 Å². The zero-order chi connectivity index (χ0) is 105. The van der Waals surface area contributed by atoms with Gasteiger partial charge >= 0.3 is 87.4 Å². The Kier molecular flexibility index (Phi) is 58.2. The third-order valence-electron chi connectivity index (χ3n) is 19.7. The molecule has 2 saturated carbocycles. The van der Waals surface area contributed by atoms with Crippen LogP contribution < -0.4 is 54.2 Å². The molecule has 4 atom stereocenters. The fourth-order valence-corrected chi connectivity index (χ4v) is 16.0. The number of benzene rings is 8. The molecule has 0 spiro atoms. The fraction of sp³-hybridized carbons (Fsp3) is 0.200. The van der Waals surface area contributed by atoms with E-state index in [9.17, 15) is 60.0 Å². The van der Waals surface area contributed by atoms with Gasteiger partial charge in [0.1, 0.15) is 62.1 Å². The van der Waals surface area contributed by atoms with Crippen molar-refractivity contribution in [2.24, 2.45) is 11.8 Å². The average Bonchev–Trinajstić information content (AvgIpc) is 1.65. The second-order valence-corrected chi connectivity index (χ2v) is 40.6. The third-order valence-corrected chi connectivity index (χ3v) is 24.3. The van der Waals surface area contributed by atoms with E-state index in [-0.39, 0.29) is 106 Å². The second-order valence-electron chi connectivity index (χ2n) is 30.6. The molecule has 7 N–H and O–H groups in total. The van der Waals surface area contributed by atoms with Crippen molar-refractivity contribution in [1.82, 2.24) is 54.3 Å². The van der Waals surface area contributed by atoms with Crippen LogP contribution >= 0.6 is 114 Å². The molecule has 32 nitrogen and oxygen atoms in total. The van der Waals surface area contributed by atoms with Crippen LogP contribution in [-0.4, -0.2) is 139 Å². The van der Waals surface area contributed by atoms with E-state index in [1.807, 2.05) is 114 Å². The Balaban J connectivity index is 0.000000364. The Morgan fingerprint density at radius 2 is 0.905 bits per heavy atom. The van der Waals surface area contributed by atoms with E-state index in [1.165, 1.54) is 113 Å². The van der Waals surface area contributed by atoms with Crippen LogP contribution in [0.3, 0.4) is 0 Å². The molecular weight excluding hydrogens is 2190 g/mol.